The quantitative estimate of drug-likeness (QED) is 0.708. The molecule has 27 heavy (non-hydrogen) atoms. The fourth-order valence-electron chi connectivity index (χ4n) is 3.31. The third kappa shape index (κ3) is 4.46. The summed E-state index contributed by atoms with van der Waals surface area (Å²) in [6, 6.07) is 15.1. The number of carbonyl (C=O) groups excluding carboxylic acids is 2. The second-order valence-electron chi connectivity index (χ2n) is 6.58. The predicted molar refractivity (Wildman–Crippen MR) is 100 cm³/mol. The van der Waals surface area contributed by atoms with E-state index in [2.05, 4.69) is 0 Å². The van der Waals surface area contributed by atoms with Crippen molar-refractivity contribution in [3.8, 4) is 11.5 Å². The molecule has 2 aromatic rings. The van der Waals surface area contributed by atoms with E-state index < -0.39 is 0 Å². The van der Waals surface area contributed by atoms with Crippen LogP contribution in [-0.4, -0.2) is 43.5 Å². The molecule has 0 saturated carbocycles. The van der Waals surface area contributed by atoms with Gasteiger partial charge in [0.15, 0.2) is 17.5 Å². The summed E-state index contributed by atoms with van der Waals surface area (Å²) in [5.74, 6) is 1.18. The van der Waals surface area contributed by atoms with Gasteiger partial charge in [-0.1, -0.05) is 36.4 Å². The standard InChI is InChI=1S/C21H24N2O4/c1-26-18-9-8-15(12-19(18)27-2)10-11-22-17-13-20(24)23(21(17)25)14-16-6-4-3-5-7-16/h3-9,12,17,22H,10-11,13-14H2,1-2H3/p+1/t17-/m0/s1. The number of quaternary nitrogens is 1. The maximum Gasteiger partial charge on any atom is 0.288 e. The molecular formula is C21H25N2O4+. The Bertz CT molecular complexity index is 807. The van der Waals surface area contributed by atoms with Gasteiger partial charge >= 0.3 is 0 Å². The number of amides is 2. The number of benzene rings is 2. The van der Waals surface area contributed by atoms with Gasteiger partial charge in [0.2, 0.25) is 5.91 Å². The number of methoxy groups -OCH3 is 2. The van der Waals surface area contributed by atoms with Gasteiger partial charge < -0.3 is 14.8 Å². The highest BCUT2D eigenvalue weighted by atomic mass is 16.5. The first-order valence-electron chi connectivity index (χ1n) is 9.04. The Hall–Kier alpha value is -2.86. The lowest BCUT2D eigenvalue weighted by Gasteiger charge is -2.14. The highest BCUT2D eigenvalue weighted by Crippen LogP contribution is 2.27. The van der Waals surface area contributed by atoms with Crippen LogP contribution in [0.4, 0.5) is 0 Å². The zero-order chi connectivity index (χ0) is 19.2. The fraction of sp³-hybridized carbons (Fsp3) is 0.333. The van der Waals surface area contributed by atoms with Crippen molar-refractivity contribution in [2.24, 2.45) is 0 Å². The molecule has 0 spiro atoms. The minimum atomic E-state index is -0.332. The molecule has 0 radical (unpaired) electrons. The Kier molecular flexibility index (Phi) is 6.08. The Morgan fingerprint density at radius 2 is 1.74 bits per heavy atom. The molecule has 0 aliphatic carbocycles. The van der Waals surface area contributed by atoms with Gasteiger partial charge in [0.05, 0.1) is 33.7 Å². The number of ether oxygens (including phenoxy) is 2. The summed E-state index contributed by atoms with van der Waals surface area (Å²) in [6.45, 7) is 1.07. The minimum Gasteiger partial charge on any atom is -0.493 e. The summed E-state index contributed by atoms with van der Waals surface area (Å²) in [6.07, 6.45) is 1.04. The molecule has 1 heterocycles. The number of rotatable bonds is 8. The van der Waals surface area contributed by atoms with Gasteiger partial charge in [-0.3, -0.25) is 14.5 Å². The van der Waals surface area contributed by atoms with E-state index in [-0.39, 0.29) is 24.3 Å². The van der Waals surface area contributed by atoms with E-state index in [1.165, 1.54) is 4.90 Å². The molecule has 0 bridgehead atoms. The maximum absolute atomic E-state index is 12.6. The average Bonchev–Trinajstić information content (AvgIpc) is 2.96. The average molecular weight is 369 g/mol. The zero-order valence-corrected chi connectivity index (χ0v) is 15.7. The summed E-state index contributed by atoms with van der Waals surface area (Å²) in [5, 5.41) is 1.96. The zero-order valence-electron chi connectivity index (χ0n) is 15.7. The third-order valence-electron chi connectivity index (χ3n) is 4.79. The lowest BCUT2D eigenvalue weighted by molar-refractivity contribution is -0.674. The van der Waals surface area contributed by atoms with Crippen LogP contribution in [0.5, 0.6) is 11.5 Å². The van der Waals surface area contributed by atoms with Gasteiger partial charge in [-0.2, -0.15) is 0 Å². The molecule has 2 amide bonds. The first-order chi connectivity index (χ1) is 13.1. The minimum absolute atomic E-state index is 0.101. The molecular weight excluding hydrogens is 344 g/mol. The largest absolute Gasteiger partial charge is 0.493 e. The first-order valence-corrected chi connectivity index (χ1v) is 9.04. The highest BCUT2D eigenvalue weighted by molar-refractivity contribution is 6.04. The van der Waals surface area contributed by atoms with Crippen molar-refractivity contribution in [3.63, 3.8) is 0 Å². The van der Waals surface area contributed by atoms with E-state index in [1.54, 1.807) is 14.2 Å². The summed E-state index contributed by atoms with van der Waals surface area (Å²) < 4.78 is 10.6. The van der Waals surface area contributed by atoms with E-state index in [0.29, 0.717) is 18.0 Å². The summed E-state index contributed by atoms with van der Waals surface area (Å²) >= 11 is 0. The molecule has 6 nitrogen and oxygen atoms in total. The molecule has 2 aromatic carbocycles. The Balaban J connectivity index is 1.54. The summed E-state index contributed by atoms with van der Waals surface area (Å²) in [4.78, 5) is 26.2. The predicted octanol–water partition coefficient (Wildman–Crippen LogP) is 1.14. The highest BCUT2D eigenvalue weighted by Gasteiger charge is 2.40. The second-order valence-corrected chi connectivity index (χ2v) is 6.58. The van der Waals surface area contributed by atoms with Crippen LogP contribution in [0.25, 0.3) is 0 Å². The maximum atomic E-state index is 12.6. The van der Waals surface area contributed by atoms with Crippen LogP contribution in [0.15, 0.2) is 48.5 Å². The molecule has 1 atom stereocenters. The second kappa shape index (κ2) is 8.68. The van der Waals surface area contributed by atoms with E-state index in [1.807, 2.05) is 53.8 Å². The van der Waals surface area contributed by atoms with Crippen molar-refractivity contribution in [1.29, 1.82) is 0 Å². The summed E-state index contributed by atoms with van der Waals surface area (Å²) in [7, 11) is 3.22. The molecule has 1 saturated heterocycles. The summed E-state index contributed by atoms with van der Waals surface area (Å²) in [5.41, 5.74) is 2.06. The molecule has 0 aromatic heterocycles. The Morgan fingerprint density at radius 1 is 1.00 bits per heavy atom. The molecule has 1 aliphatic heterocycles. The van der Waals surface area contributed by atoms with Crippen LogP contribution < -0.4 is 14.8 Å². The van der Waals surface area contributed by atoms with Crippen LogP contribution >= 0.6 is 0 Å². The van der Waals surface area contributed by atoms with Crippen LogP contribution in [0.3, 0.4) is 0 Å². The van der Waals surface area contributed by atoms with Crippen LogP contribution in [0, 0.1) is 0 Å². The topological polar surface area (TPSA) is 72.5 Å². The van der Waals surface area contributed by atoms with Crippen molar-refractivity contribution >= 4 is 11.8 Å². The number of nitrogens with zero attached hydrogens (tertiary/aromatic N) is 1. The van der Waals surface area contributed by atoms with E-state index >= 15 is 0 Å². The number of hydrogen-bond donors (Lipinski definition) is 1. The van der Waals surface area contributed by atoms with E-state index in [9.17, 15) is 9.59 Å². The van der Waals surface area contributed by atoms with Gasteiger partial charge in [-0.25, -0.2) is 0 Å². The Morgan fingerprint density at radius 3 is 2.44 bits per heavy atom. The molecule has 3 rings (SSSR count). The van der Waals surface area contributed by atoms with Gasteiger partial charge in [0.25, 0.3) is 5.91 Å². The number of nitrogens with two attached hydrogens (primary N) is 1. The van der Waals surface area contributed by atoms with Crippen molar-refractivity contribution in [3.05, 3.63) is 59.7 Å². The van der Waals surface area contributed by atoms with Crippen LogP contribution in [-0.2, 0) is 22.6 Å². The lowest BCUT2D eigenvalue weighted by atomic mass is 10.1. The molecule has 6 heteroatoms. The SMILES string of the molecule is COc1ccc(CC[NH2+][C@H]2CC(=O)N(Cc3ccccc3)C2=O)cc1OC. The molecule has 142 valence electrons. The lowest BCUT2D eigenvalue weighted by Crippen LogP contribution is -2.91. The number of carbonyl (C=O) groups is 2. The van der Waals surface area contributed by atoms with Gasteiger partial charge in [-0.15, -0.1) is 0 Å². The van der Waals surface area contributed by atoms with Crippen molar-refractivity contribution < 1.29 is 24.4 Å². The third-order valence-corrected chi connectivity index (χ3v) is 4.79. The molecule has 0 unspecified atom stereocenters. The molecule has 2 N–H and O–H groups in total. The van der Waals surface area contributed by atoms with Gasteiger partial charge in [-0.05, 0) is 23.3 Å². The van der Waals surface area contributed by atoms with E-state index in [4.69, 9.17) is 9.47 Å². The first kappa shape index (κ1) is 18.9. The molecule has 1 aliphatic rings. The van der Waals surface area contributed by atoms with Crippen molar-refractivity contribution in [1.82, 2.24) is 4.90 Å². The van der Waals surface area contributed by atoms with Crippen LogP contribution in [0.2, 0.25) is 0 Å². The van der Waals surface area contributed by atoms with Gasteiger partial charge in [0, 0.05) is 6.42 Å². The van der Waals surface area contributed by atoms with Crippen LogP contribution in [0.1, 0.15) is 17.5 Å². The number of likely N-dealkylation sites (tertiary alicyclic amines) is 1. The van der Waals surface area contributed by atoms with Gasteiger partial charge in [0.1, 0.15) is 0 Å². The fourth-order valence-corrected chi connectivity index (χ4v) is 3.31. The smallest absolute Gasteiger partial charge is 0.288 e. The number of imide groups is 1. The Labute approximate surface area is 159 Å². The molecule has 1 fully saturated rings. The van der Waals surface area contributed by atoms with Crippen molar-refractivity contribution in [2.75, 3.05) is 20.8 Å². The monoisotopic (exact) mass is 369 g/mol. The van der Waals surface area contributed by atoms with Crippen molar-refractivity contribution in [2.45, 2.75) is 25.4 Å². The van der Waals surface area contributed by atoms with E-state index in [0.717, 1.165) is 24.1 Å². The number of hydrogen-bond acceptors (Lipinski definition) is 4. The normalized spacial score (nSPS) is 16.7.